The fourth-order valence-electron chi connectivity index (χ4n) is 2.53. The molecule has 23 heavy (non-hydrogen) atoms. The predicted molar refractivity (Wildman–Crippen MR) is 93.7 cm³/mol. The number of ether oxygens (including phenoxy) is 1. The molecule has 0 aliphatic rings. The standard InChI is InChI=1S/C20H20N2O/c1-13-5-6-17(11-14(13)2)20-12-19(21-15(3)22-20)16-7-9-18(23-4)10-8-16/h5-12H,1-4H3. The molecular weight excluding hydrogens is 284 g/mol. The number of benzene rings is 2. The van der Waals surface area contributed by atoms with Gasteiger partial charge in [-0.15, -0.1) is 0 Å². The number of hydrogen-bond donors (Lipinski definition) is 0. The topological polar surface area (TPSA) is 35.0 Å². The van der Waals surface area contributed by atoms with Crippen molar-refractivity contribution >= 4 is 0 Å². The van der Waals surface area contributed by atoms with Crippen molar-refractivity contribution in [2.75, 3.05) is 7.11 Å². The Balaban J connectivity index is 2.06. The SMILES string of the molecule is COc1ccc(-c2cc(-c3ccc(C)c(C)c3)nc(C)n2)cc1. The highest BCUT2D eigenvalue weighted by Crippen LogP contribution is 2.26. The molecule has 0 spiro atoms. The lowest BCUT2D eigenvalue weighted by atomic mass is 10.0. The van der Waals surface area contributed by atoms with E-state index in [0.29, 0.717) is 0 Å². The summed E-state index contributed by atoms with van der Waals surface area (Å²) in [6, 6.07) is 16.4. The van der Waals surface area contributed by atoms with Gasteiger partial charge in [0, 0.05) is 11.1 Å². The minimum atomic E-state index is 0.770. The molecule has 0 radical (unpaired) electrons. The summed E-state index contributed by atoms with van der Waals surface area (Å²) in [7, 11) is 1.67. The van der Waals surface area contributed by atoms with Crippen LogP contribution in [0.25, 0.3) is 22.5 Å². The van der Waals surface area contributed by atoms with Crippen molar-refractivity contribution < 1.29 is 4.74 Å². The van der Waals surface area contributed by atoms with Gasteiger partial charge in [-0.2, -0.15) is 0 Å². The van der Waals surface area contributed by atoms with Crippen LogP contribution in [0.4, 0.5) is 0 Å². The van der Waals surface area contributed by atoms with Gasteiger partial charge in [0.15, 0.2) is 0 Å². The molecule has 0 atom stereocenters. The molecule has 2 aromatic carbocycles. The van der Waals surface area contributed by atoms with Crippen LogP contribution in [-0.2, 0) is 0 Å². The maximum absolute atomic E-state index is 5.21. The van der Waals surface area contributed by atoms with Gasteiger partial charge in [-0.3, -0.25) is 0 Å². The van der Waals surface area contributed by atoms with Gasteiger partial charge in [-0.1, -0.05) is 12.1 Å². The zero-order valence-corrected chi connectivity index (χ0v) is 13.9. The second-order valence-corrected chi connectivity index (χ2v) is 5.71. The predicted octanol–water partition coefficient (Wildman–Crippen LogP) is 4.74. The van der Waals surface area contributed by atoms with Gasteiger partial charge in [0.25, 0.3) is 0 Å². The lowest BCUT2D eigenvalue weighted by molar-refractivity contribution is 0.415. The van der Waals surface area contributed by atoms with E-state index in [9.17, 15) is 0 Å². The minimum absolute atomic E-state index is 0.770. The van der Waals surface area contributed by atoms with Gasteiger partial charge >= 0.3 is 0 Å². The molecular formula is C20H20N2O. The Bertz CT molecular complexity index is 839. The van der Waals surface area contributed by atoms with E-state index in [-0.39, 0.29) is 0 Å². The van der Waals surface area contributed by atoms with E-state index in [1.165, 1.54) is 11.1 Å². The summed E-state index contributed by atoms with van der Waals surface area (Å²) in [5.41, 5.74) is 6.61. The van der Waals surface area contributed by atoms with Crippen molar-refractivity contribution in [1.29, 1.82) is 0 Å². The van der Waals surface area contributed by atoms with Crippen molar-refractivity contribution in [2.45, 2.75) is 20.8 Å². The molecule has 0 unspecified atom stereocenters. The highest BCUT2D eigenvalue weighted by atomic mass is 16.5. The summed E-state index contributed by atoms with van der Waals surface area (Å²) in [5, 5.41) is 0. The van der Waals surface area contributed by atoms with Crippen molar-refractivity contribution in [3.05, 3.63) is 65.5 Å². The summed E-state index contributed by atoms with van der Waals surface area (Å²) >= 11 is 0. The Kier molecular flexibility index (Phi) is 4.11. The molecule has 3 nitrogen and oxygen atoms in total. The number of methoxy groups -OCH3 is 1. The molecule has 0 saturated carbocycles. The fraction of sp³-hybridized carbons (Fsp3) is 0.200. The van der Waals surface area contributed by atoms with Crippen LogP contribution in [0, 0.1) is 20.8 Å². The van der Waals surface area contributed by atoms with Crippen LogP contribution in [0.5, 0.6) is 5.75 Å². The molecule has 0 N–H and O–H groups in total. The number of rotatable bonds is 3. The Hall–Kier alpha value is -2.68. The Morgan fingerprint density at radius 3 is 1.91 bits per heavy atom. The molecule has 1 heterocycles. The van der Waals surface area contributed by atoms with Crippen molar-refractivity contribution in [1.82, 2.24) is 9.97 Å². The van der Waals surface area contributed by atoms with Crippen LogP contribution < -0.4 is 4.74 Å². The van der Waals surface area contributed by atoms with E-state index in [4.69, 9.17) is 4.74 Å². The molecule has 0 saturated heterocycles. The third kappa shape index (κ3) is 3.24. The monoisotopic (exact) mass is 304 g/mol. The second-order valence-electron chi connectivity index (χ2n) is 5.71. The second kappa shape index (κ2) is 6.21. The maximum Gasteiger partial charge on any atom is 0.126 e. The Labute approximate surface area is 137 Å². The molecule has 0 fully saturated rings. The zero-order valence-electron chi connectivity index (χ0n) is 13.9. The van der Waals surface area contributed by atoms with Crippen molar-refractivity contribution in [2.24, 2.45) is 0 Å². The summed E-state index contributed by atoms with van der Waals surface area (Å²) in [6.45, 7) is 6.17. The van der Waals surface area contributed by atoms with Gasteiger partial charge in [0.05, 0.1) is 18.5 Å². The molecule has 3 aromatic rings. The number of nitrogens with zero attached hydrogens (tertiary/aromatic N) is 2. The van der Waals surface area contributed by atoms with E-state index in [1.807, 2.05) is 37.3 Å². The molecule has 0 bridgehead atoms. The number of aromatic nitrogens is 2. The van der Waals surface area contributed by atoms with Crippen molar-refractivity contribution in [3.63, 3.8) is 0 Å². The van der Waals surface area contributed by atoms with Gasteiger partial charge < -0.3 is 4.74 Å². The lowest BCUT2D eigenvalue weighted by Crippen LogP contribution is -1.95. The first-order valence-electron chi connectivity index (χ1n) is 7.64. The first-order chi connectivity index (χ1) is 11.1. The summed E-state index contributed by atoms with van der Waals surface area (Å²) in [6.07, 6.45) is 0. The first-order valence-corrected chi connectivity index (χ1v) is 7.64. The van der Waals surface area contributed by atoms with Crippen molar-refractivity contribution in [3.8, 4) is 28.3 Å². The third-order valence-corrected chi connectivity index (χ3v) is 4.03. The first kappa shape index (κ1) is 15.2. The molecule has 1 aromatic heterocycles. The summed E-state index contributed by atoms with van der Waals surface area (Å²) in [5.74, 6) is 1.61. The van der Waals surface area contributed by atoms with E-state index in [1.54, 1.807) is 7.11 Å². The van der Waals surface area contributed by atoms with E-state index < -0.39 is 0 Å². The van der Waals surface area contributed by atoms with E-state index >= 15 is 0 Å². The van der Waals surface area contributed by atoms with Gasteiger partial charge in [0.1, 0.15) is 11.6 Å². The number of aryl methyl sites for hydroxylation is 3. The summed E-state index contributed by atoms with van der Waals surface area (Å²) < 4.78 is 5.21. The zero-order chi connectivity index (χ0) is 16.4. The molecule has 116 valence electrons. The molecule has 3 heteroatoms. The maximum atomic E-state index is 5.21. The Morgan fingerprint density at radius 1 is 0.696 bits per heavy atom. The number of hydrogen-bond acceptors (Lipinski definition) is 3. The lowest BCUT2D eigenvalue weighted by Gasteiger charge is -2.09. The smallest absolute Gasteiger partial charge is 0.126 e. The molecule has 0 amide bonds. The average molecular weight is 304 g/mol. The van der Waals surface area contributed by atoms with E-state index in [2.05, 4.69) is 42.0 Å². The van der Waals surface area contributed by atoms with Gasteiger partial charge in [-0.05, 0) is 68.3 Å². The van der Waals surface area contributed by atoms with Crippen LogP contribution in [0.15, 0.2) is 48.5 Å². The van der Waals surface area contributed by atoms with Crippen LogP contribution in [-0.4, -0.2) is 17.1 Å². The molecule has 0 aliphatic heterocycles. The third-order valence-electron chi connectivity index (χ3n) is 4.03. The quantitative estimate of drug-likeness (QED) is 0.700. The highest BCUT2D eigenvalue weighted by Gasteiger charge is 2.08. The minimum Gasteiger partial charge on any atom is -0.497 e. The van der Waals surface area contributed by atoms with Crippen LogP contribution >= 0.6 is 0 Å². The van der Waals surface area contributed by atoms with Crippen LogP contribution in [0.1, 0.15) is 17.0 Å². The Morgan fingerprint density at radius 2 is 1.30 bits per heavy atom. The van der Waals surface area contributed by atoms with E-state index in [0.717, 1.165) is 34.1 Å². The summed E-state index contributed by atoms with van der Waals surface area (Å²) in [4.78, 5) is 9.17. The molecule has 0 aliphatic carbocycles. The largest absolute Gasteiger partial charge is 0.497 e. The molecule has 3 rings (SSSR count). The normalized spacial score (nSPS) is 10.6. The van der Waals surface area contributed by atoms with Crippen LogP contribution in [0.3, 0.4) is 0 Å². The van der Waals surface area contributed by atoms with Gasteiger partial charge in [0.2, 0.25) is 0 Å². The highest BCUT2D eigenvalue weighted by molar-refractivity contribution is 5.68. The average Bonchev–Trinajstić information content (AvgIpc) is 2.57. The van der Waals surface area contributed by atoms with Crippen LogP contribution in [0.2, 0.25) is 0 Å². The van der Waals surface area contributed by atoms with Gasteiger partial charge in [-0.25, -0.2) is 9.97 Å². The fourth-order valence-corrected chi connectivity index (χ4v) is 2.53.